The van der Waals surface area contributed by atoms with Crippen LogP contribution in [0.15, 0.2) is 16.5 Å². The summed E-state index contributed by atoms with van der Waals surface area (Å²) in [5, 5.41) is 2.82. The summed E-state index contributed by atoms with van der Waals surface area (Å²) in [5.74, 6) is 0.951. The van der Waals surface area contributed by atoms with Gasteiger partial charge in [0.05, 0.1) is 7.11 Å². The van der Waals surface area contributed by atoms with Crippen LogP contribution in [-0.4, -0.2) is 20.1 Å². The molecular weight excluding hydrogens is 158 g/mol. The molecule has 0 bridgehead atoms. The molecule has 0 spiro atoms. The molecule has 1 rings (SSSR count). The van der Waals surface area contributed by atoms with Gasteiger partial charge in [0.1, 0.15) is 12.2 Å². The van der Waals surface area contributed by atoms with E-state index in [-0.39, 0.29) is 12.4 Å². The summed E-state index contributed by atoms with van der Waals surface area (Å²) in [6.07, 6.45) is 0.179. The lowest BCUT2D eigenvalue weighted by molar-refractivity contribution is -0.140. The fourth-order valence-corrected chi connectivity index (χ4v) is 0.822. The molecule has 1 N–H and O–H groups in total. The number of esters is 1. The quantitative estimate of drug-likeness (QED) is 0.687. The highest BCUT2D eigenvalue weighted by Gasteiger charge is 2.06. The van der Waals surface area contributed by atoms with E-state index in [1.54, 1.807) is 19.2 Å². The average Bonchev–Trinajstić information content (AvgIpc) is 2.52. The van der Waals surface area contributed by atoms with Crippen molar-refractivity contribution in [1.29, 1.82) is 0 Å². The van der Waals surface area contributed by atoms with Crippen molar-refractivity contribution >= 4 is 11.9 Å². The molecule has 12 heavy (non-hydrogen) atoms. The van der Waals surface area contributed by atoms with E-state index in [0.29, 0.717) is 11.6 Å². The number of rotatable bonds is 3. The predicted octanol–water partition coefficient (Wildman–Crippen LogP) is 1.04. The maximum absolute atomic E-state index is 10.8. The molecule has 0 aliphatic carbocycles. The molecule has 66 valence electrons. The first kappa shape index (κ1) is 8.64. The van der Waals surface area contributed by atoms with Crippen molar-refractivity contribution in [2.75, 3.05) is 19.5 Å². The third-order valence-electron chi connectivity index (χ3n) is 1.45. The zero-order chi connectivity index (χ0) is 8.97. The van der Waals surface area contributed by atoms with Crippen LogP contribution in [0.2, 0.25) is 0 Å². The molecule has 0 aliphatic heterocycles. The zero-order valence-electron chi connectivity index (χ0n) is 7.09. The monoisotopic (exact) mass is 169 g/mol. The first-order chi connectivity index (χ1) is 5.76. The van der Waals surface area contributed by atoms with E-state index in [1.807, 2.05) is 0 Å². The number of ether oxygens (including phenoxy) is 1. The second-order valence-electron chi connectivity index (χ2n) is 2.27. The number of carbonyl (C=O) groups is 1. The van der Waals surface area contributed by atoms with E-state index in [0.717, 1.165) is 0 Å². The second-order valence-corrected chi connectivity index (χ2v) is 2.27. The van der Waals surface area contributed by atoms with Gasteiger partial charge in [-0.2, -0.15) is 0 Å². The first-order valence-corrected chi connectivity index (χ1v) is 3.59. The molecule has 0 saturated carbocycles. The van der Waals surface area contributed by atoms with Crippen molar-refractivity contribution < 1.29 is 13.9 Å². The van der Waals surface area contributed by atoms with Crippen LogP contribution in [0.4, 0.5) is 5.88 Å². The number of carbonyl (C=O) groups excluding carboxylic acids is 1. The fraction of sp³-hybridized carbons (Fsp3) is 0.375. The van der Waals surface area contributed by atoms with E-state index in [9.17, 15) is 4.79 Å². The summed E-state index contributed by atoms with van der Waals surface area (Å²) in [6.45, 7) is 0. The number of hydrogen-bond donors (Lipinski definition) is 1. The second kappa shape index (κ2) is 3.80. The Morgan fingerprint density at radius 2 is 2.42 bits per heavy atom. The van der Waals surface area contributed by atoms with Gasteiger partial charge < -0.3 is 14.5 Å². The van der Waals surface area contributed by atoms with Gasteiger partial charge in [0.25, 0.3) is 0 Å². The highest BCUT2D eigenvalue weighted by molar-refractivity contribution is 5.71. The largest absolute Gasteiger partial charge is 0.469 e. The summed E-state index contributed by atoms with van der Waals surface area (Å²) in [6, 6.07) is 3.50. The minimum atomic E-state index is -0.299. The molecule has 1 aromatic heterocycles. The minimum absolute atomic E-state index is 0.179. The Morgan fingerprint density at radius 1 is 1.67 bits per heavy atom. The van der Waals surface area contributed by atoms with Gasteiger partial charge in [-0.3, -0.25) is 4.79 Å². The van der Waals surface area contributed by atoms with Gasteiger partial charge in [-0.1, -0.05) is 0 Å². The summed E-state index contributed by atoms with van der Waals surface area (Å²) in [4.78, 5) is 10.8. The fourth-order valence-electron chi connectivity index (χ4n) is 0.822. The van der Waals surface area contributed by atoms with E-state index in [1.165, 1.54) is 7.11 Å². The van der Waals surface area contributed by atoms with Crippen LogP contribution in [-0.2, 0) is 16.0 Å². The van der Waals surface area contributed by atoms with Crippen LogP contribution in [0.25, 0.3) is 0 Å². The Bertz CT molecular complexity index is 267. The lowest BCUT2D eigenvalue weighted by Gasteiger charge is -1.95. The topological polar surface area (TPSA) is 51.5 Å². The zero-order valence-corrected chi connectivity index (χ0v) is 7.09. The Kier molecular flexibility index (Phi) is 2.74. The lowest BCUT2D eigenvalue weighted by atomic mass is 10.3. The van der Waals surface area contributed by atoms with Crippen molar-refractivity contribution in [3.63, 3.8) is 0 Å². The van der Waals surface area contributed by atoms with E-state index in [2.05, 4.69) is 10.1 Å². The molecule has 0 fully saturated rings. The van der Waals surface area contributed by atoms with Gasteiger partial charge >= 0.3 is 5.97 Å². The summed E-state index contributed by atoms with van der Waals surface area (Å²) in [7, 11) is 3.10. The van der Waals surface area contributed by atoms with Crippen LogP contribution < -0.4 is 5.32 Å². The third kappa shape index (κ3) is 2.02. The SMILES string of the molecule is CNc1ccc(CC(=O)OC)o1. The highest BCUT2D eigenvalue weighted by atomic mass is 16.5. The molecule has 0 aromatic carbocycles. The summed E-state index contributed by atoms with van der Waals surface area (Å²) >= 11 is 0. The van der Waals surface area contributed by atoms with Gasteiger partial charge in [-0.25, -0.2) is 0 Å². The smallest absolute Gasteiger partial charge is 0.313 e. The van der Waals surface area contributed by atoms with Gasteiger partial charge in [0, 0.05) is 13.1 Å². The normalized spacial score (nSPS) is 9.50. The van der Waals surface area contributed by atoms with Crippen LogP contribution in [0.3, 0.4) is 0 Å². The van der Waals surface area contributed by atoms with Crippen LogP contribution in [0.1, 0.15) is 5.76 Å². The van der Waals surface area contributed by atoms with Gasteiger partial charge in [0.15, 0.2) is 5.88 Å². The molecule has 0 radical (unpaired) electrons. The van der Waals surface area contributed by atoms with E-state index < -0.39 is 0 Å². The predicted molar refractivity (Wildman–Crippen MR) is 44.0 cm³/mol. The van der Waals surface area contributed by atoms with E-state index >= 15 is 0 Å². The molecule has 0 saturated heterocycles. The Morgan fingerprint density at radius 3 is 2.92 bits per heavy atom. The maximum atomic E-state index is 10.8. The van der Waals surface area contributed by atoms with Crippen LogP contribution >= 0.6 is 0 Å². The summed E-state index contributed by atoms with van der Waals surface area (Å²) in [5.41, 5.74) is 0. The molecule has 4 heteroatoms. The number of hydrogen-bond acceptors (Lipinski definition) is 4. The van der Waals surface area contributed by atoms with Crippen LogP contribution in [0.5, 0.6) is 0 Å². The Labute approximate surface area is 70.5 Å². The molecule has 0 aliphatic rings. The number of anilines is 1. The van der Waals surface area contributed by atoms with Crippen molar-refractivity contribution in [3.05, 3.63) is 17.9 Å². The third-order valence-corrected chi connectivity index (χ3v) is 1.45. The number of furan rings is 1. The number of nitrogens with one attached hydrogen (secondary N) is 1. The molecule has 0 amide bonds. The molecular formula is C8H11NO3. The Balaban J connectivity index is 2.58. The van der Waals surface area contributed by atoms with Crippen molar-refractivity contribution in [1.82, 2.24) is 0 Å². The van der Waals surface area contributed by atoms with Gasteiger partial charge in [-0.15, -0.1) is 0 Å². The standard InChI is InChI=1S/C8H11NO3/c1-9-7-4-3-6(12-7)5-8(10)11-2/h3-4,9H,5H2,1-2H3. The molecule has 0 unspecified atom stereocenters. The van der Waals surface area contributed by atoms with E-state index in [4.69, 9.17) is 4.42 Å². The van der Waals surface area contributed by atoms with Crippen molar-refractivity contribution in [2.45, 2.75) is 6.42 Å². The molecule has 1 aromatic rings. The first-order valence-electron chi connectivity index (χ1n) is 3.59. The van der Waals surface area contributed by atoms with Gasteiger partial charge in [0.2, 0.25) is 0 Å². The molecule has 0 atom stereocenters. The number of methoxy groups -OCH3 is 1. The van der Waals surface area contributed by atoms with Crippen LogP contribution in [0, 0.1) is 0 Å². The van der Waals surface area contributed by atoms with Gasteiger partial charge in [-0.05, 0) is 6.07 Å². The lowest BCUT2D eigenvalue weighted by Crippen LogP contribution is -2.03. The highest BCUT2D eigenvalue weighted by Crippen LogP contribution is 2.12. The molecule has 4 nitrogen and oxygen atoms in total. The molecule has 1 heterocycles. The average molecular weight is 169 g/mol. The van der Waals surface area contributed by atoms with Crippen molar-refractivity contribution in [3.8, 4) is 0 Å². The Hall–Kier alpha value is -1.45. The minimum Gasteiger partial charge on any atom is -0.469 e. The van der Waals surface area contributed by atoms with Crippen molar-refractivity contribution in [2.24, 2.45) is 0 Å². The maximum Gasteiger partial charge on any atom is 0.313 e. The summed E-state index contributed by atoms with van der Waals surface area (Å²) < 4.78 is 9.67.